The molecular formula is C35H34BrClF3N3O4S. The highest BCUT2D eigenvalue weighted by molar-refractivity contribution is 9.10. The lowest BCUT2D eigenvalue weighted by atomic mass is 10.0. The number of sulfonamides is 1. The SMILES string of the molecule is CCCCNC(=O)[C@@H](Cc1ccccc1)N(Cc1ccc(Br)cc1)C(=O)CN(c1cc(C(F)(F)F)ccc1Cl)S(=O)(=O)c1ccccc1. The van der Waals surface area contributed by atoms with Crippen molar-refractivity contribution in [1.29, 1.82) is 0 Å². The summed E-state index contributed by atoms with van der Waals surface area (Å²) in [6.45, 7) is 1.29. The molecule has 254 valence electrons. The first-order valence-electron chi connectivity index (χ1n) is 15.1. The van der Waals surface area contributed by atoms with Gasteiger partial charge in [0.1, 0.15) is 12.6 Å². The summed E-state index contributed by atoms with van der Waals surface area (Å²) in [5.74, 6) is -1.27. The maximum Gasteiger partial charge on any atom is 0.416 e. The summed E-state index contributed by atoms with van der Waals surface area (Å²) in [7, 11) is -4.64. The molecule has 0 bridgehead atoms. The summed E-state index contributed by atoms with van der Waals surface area (Å²) in [4.78, 5) is 29.3. The van der Waals surface area contributed by atoms with Crippen molar-refractivity contribution < 1.29 is 31.2 Å². The molecule has 48 heavy (non-hydrogen) atoms. The van der Waals surface area contributed by atoms with E-state index < -0.39 is 51.9 Å². The standard InChI is InChI=1S/C35H34BrClF3N3O4S/c1-2-3-20-41-34(45)32(21-25-10-6-4-7-11-25)42(23-26-14-17-28(36)18-15-26)33(44)24-43(48(46,47)29-12-8-5-9-13-29)31-22-27(35(38,39)40)16-19-30(31)37/h4-19,22,32H,2-3,20-21,23-24H2,1H3,(H,41,45)/t32-/m1/s1. The molecule has 4 rings (SSSR count). The quantitative estimate of drug-likeness (QED) is 0.133. The highest BCUT2D eigenvalue weighted by atomic mass is 79.9. The summed E-state index contributed by atoms with van der Waals surface area (Å²) in [5.41, 5.74) is -0.289. The maximum absolute atomic E-state index is 14.5. The van der Waals surface area contributed by atoms with Gasteiger partial charge >= 0.3 is 6.18 Å². The van der Waals surface area contributed by atoms with Gasteiger partial charge in [-0.2, -0.15) is 13.2 Å². The van der Waals surface area contributed by atoms with Crippen molar-refractivity contribution in [3.63, 3.8) is 0 Å². The van der Waals surface area contributed by atoms with Gasteiger partial charge in [-0.15, -0.1) is 0 Å². The number of hydrogen-bond donors (Lipinski definition) is 1. The van der Waals surface area contributed by atoms with Gasteiger partial charge in [0.05, 0.1) is 21.2 Å². The van der Waals surface area contributed by atoms with Crippen molar-refractivity contribution >= 4 is 55.1 Å². The van der Waals surface area contributed by atoms with Crippen LogP contribution >= 0.6 is 27.5 Å². The predicted molar refractivity (Wildman–Crippen MR) is 184 cm³/mol. The third kappa shape index (κ3) is 9.61. The van der Waals surface area contributed by atoms with Crippen LogP contribution in [0.4, 0.5) is 18.9 Å². The number of carbonyl (C=O) groups is 2. The molecule has 13 heteroatoms. The molecule has 1 atom stereocenters. The highest BCUT2D eigenvalue weighted by Crippen LogP contribution is 2.37. The number of benzene rings is 4. The average molecular weight is 765 g/mol. The number of anilines is 1. The fourth-order valence-electron chi connectivity index (χ4n) is 4.96. The fourth-order valence-corrected chi connectivity index (χ4v) is 6.94. The Morgan fingerprint density at radius 3 is 2.12 bits per heavy atom. The van der Waals surface area contributed by atoms with Crippen LogP contribution in [0.15, 0.2) is 112 Å². The van der Waals surface area contributed by atoms with Crippen LogP contribution in [-0.2, 0) is 38.8 Å². The second kappa shape index (κ2) is 16.5. The molecule has 0 saturated carbocycles. The Hall–Kier alpha value is -3.87. The Labute approximate surface area is 291 Å². The third-order valence-electron chi connectivity index (χ3n) is 7.52. The van der Waals surface area contributed by atoms with Gasteiger partial charge in [0, 0.05) is 24.0 Å². The lowest BCUT2D eigenvalue weighted by Gasteiger charge is -2.34. The minimum Gasteiger partial charge on any atom is -0.354 e. The lowest BCUT2D eigenvalue weighted by Crippen LogP contribution is -2.53. The van der Waals surface area contributed by atoms with Crippen LogP contribution < -0.4 is 9.62 Å². The number of rotatable bonds is 14. The van der Waals surface area contributed by atoms with E-state index >= 15 is 0 Å². The van der Waals surface area contributed by atoms with E-state index in [1.54, 1.807) is 42.5 Å². The second-order valence-corrected chi connectivity index (χ2v) is 14.2. The zero-order chi connectivity index (χ0) is 34.9. The van der Waals surface area contributed by atoms with E-state index in [1.807, 2.05) is 25.1 Å². The molecule has 4 aromatic rings. The van der Waals surface area contributed by atoms with Crippen LogP contribution in [0.2, 0.25) is 5.02 Å². The maximum atomic E-state index is 14.5. The van der Waals surface area contributed by atoms with Gasteiger partial charge in [0.15, 0.2) is 0 Å². The van der Waals surface area contributed by atoms with Crippen molar-refractivity contribution in [2.24, 2.45) is 0 Å². The Bertz CT molecular complexity index is 1800. The fraction of sp³-hybridized carbons (Fsp3) is 0.257. The molecule has 0 heterocycles. The van der Waals surface area contributed by atoms with Crippen molar-refractivity contribution in [2.75, 3.05) is 17.4 Å². The number of alkyl halides is 3. The van der Waals surface area contributed by atoms with Gasteiger partial charge < -0.3 is 10.2 Å². The average Bonchev–Trinajstić information content (AvgIpc) is 3.06. The smallest absolute Gasteiger partial charge is 0.354 e. The van der Waals surface area contributed by atoms with E-state index in [0.717, 1.165) is 28.6 Å². The van der Waals surface area contributed by atoms with Crippen molar-refractivity contribution in [2.45, 2.75) is 49.8 Å². The highest BCUT2D eigenvalue weighted by Gasteiger charge is 2.37. The first-order valence-corrected chi connectivity index (χ1v) is 17.7. The first kappa shape index (κ1) is 37.0. The van der Waals surface area contributed by atoms with Crippen molar-refractivity contribution in [1.82, 2.24) is 10.2 Å². The van der Waals surface area contributed by atoms with Crippen LogP contribution in [0, 0.1) is 0 Å². The number of nitrogens with one attached hydrogen (secondary N) is 1. The number of hydrogen-bond acceptors (Lipinski definition) is 4. The summed E-state index contributed by atoms with van der Waals surface area (Å²) >= 11 is 9.76. The molecule has 0 unspecified atom stereocenters. The molecule has 0 aliphatic carbocycles. The Morgan fingerprint density at radius 2 is 1.52 bits per heavy atom. The number of halogens is 5. The number of amides is 2. The number of carbonyl (C=O) groups excluding carboxylic acids is 2. The van der Waals surface area contributed by atoms with E-state index in [1.165, 1.54) is 29.2 Å². The molecular weight excluding hydrogens is 731 g/mol. The molecule has 0 saturated heterocycles. The zero-order valence-electron chi connectivity index (χ0n) is 26.0. The number of nitrogens with zero attached hydrogens (tertiary/aromatic N) is 2. The van der Waals surface area contributed by atoms with Crippen LogP contribution in [-0.4, -0.2) is 44.3 Å². The normalized spacial score (nSPS) is 12.3. The molecule has 1 N–H and O–H groups in total. The summed E-state index contributed by atoms with van der Waals surface area (Å²) in [6, 6.07) is 24.3. The third-order valence-corrected chi connectivity index (χ3v) is 10.1. The first-order chi connectivity index (χ1) is 22.8. The predicted octanol–water partition coefficient (Wildman–Crippen LogP) is 7.87. The molecule has 4 aromatic carbocycles. The minimum absolute atomic E-state index is 0.0941. The Kier molecular flexibility index (Phi) is 12.7. The van der Waals surface area contributed by atoms with E-state index in [9.17, 15) is 31.2 Å². The topological polar surface area (TPSA) is 86.8 Å². The monoisotopic (exact) mass is 763 g/mol. The van der Waals surface area contributed by atoms with Crippen molar-refractivity contribution in [3.8, 4) is 0 Å². The second-order valence-electron chi connectivity index (χ2n) is 11.0. The summed E-state index contributed by atoms with van der Waals surface area (Å²) in [6.07, 6.45) is -3.22. The van der Waals surface area contributed by atoms with Gasteiger partial charge in [-0.1, -0.05) is 102 Å². The lowest BCUT2D eigenvalue weighted by molar-refractivity contribution is -0.140. The molecule has 0 aromatic heterocycles. The summed E-state index contributed by atoms with van der Waals surface area (Å²) < 4.78 is 71.1. The Balaban J connectivity index is 1.85. The van der Waals surface area contributed by atoms with Crippen molar-refractivity contribution in [3.05, 3.63) is 129 Å². The van der Waals surface area contributed by atoms with Gasteiger partial charge in [-0.05, 0) is 60.0 Å². The van der Waals surface area contributed by atoms with E-state index in [0.29, 0.717) is 28.9 Å². The summed E-state index contributed by atoms with van der Waals surface area (Å²) in [5, 5.41) is 2.58. The zero-order valence-corrected chi connectivity index (χ0v) is 29.1. The van der Waals surface area contributed by atoms with E-state index in [2.05, 4.69) is 21.2 Å². The molecule has 0 radical (unpaired) electrons. The Morgan fingerprint density at radius 1 is 0.896 bits per heavy atom. The van der Waals surface area contributed by atoms with Crippen LogP contribution in [0.1, 0.15) is 36.5 Å². The molecule has 0 aliphatic rings. The molecule has 2 amide bonds. The van der Waals surface area contributed by atoms with Crippen LogP contribution in [0.5, 0.6) is 0 Å². The molecule has 0 fully saturated rings. The van der Waals surface area contributed by atoms with Gasteiger partial charge in [-0.3, -0.25) is 13.9 Å². The van der Waals surface area contributed by atoms with E-state index in [4.69, 9.17) is 11.6 Å². The van der Waals surface area contributed by atoms with Gasteiger partial charge in [0.25, 0.3) is 10.0 Å². The minimum atomic E-state index is -4.82. The van der Waals surface area contributed by atoms with Crippen LogP contribution in [0.25, 0.3) is 0 Å². The molecule has 0 aliphatic heterocycles. The molecule has 0 spiro atoms. The van der Waals surface area contributed by atoms with Gasteiger partial charge in [0.2, 0.25) is 11.8 Å². The molecule has 7 nitrogen and oxygen atoms in total. The largest absolute Gasteiger partial charge is 0.416 e. The van der Waals surface area contributed by atoms with Gasteiger partial charge in [-0.25, -0.2) is 8.42 Å². The van der Waals surface area contributed by atoms with E-state index in [-0.39, 0.29) is 22.9 Å². The number of unbranched alkanes of at least 4 members (excludes halogenated alkanes) is 1. The van der Waals surface area contributed by atoms with Crippen LogP contribution in [0.3, 0.4) is 0 Å².